The van der Waals surface area contributed by atoms with Gasteiger partial charge < -0.3 is 15.4 Å². The Morgan fingerprint density at radius 3 is 2.34 bits per heavy atom. The third kappa shape index (κ3) is 7.13. The van der Waals surface area contributed by atoms with Crippen LogP contribution < -0.4 is 20.1 Å². The smallest absolute Gasteiger partial charge is 0.323 e. The number of pyridine rings is 1. The normalized spacial score (nSPS) is 11.7. The van der Waals surface area contributed by atoms with Crippen LogP contribution in [0, 0.1) is 0 Å². The van der Waals surface area contributed by atoms with E-state index in [2.05, 4.69) is 42.9 Å². The molecule has 0 bridgehead atoms. The number of nitrogens with zero attached hydrogens (tertiary/aromatic N) is 1. The van der Waals surface area contributed by atoms with E-state index in [0.29, 0.717) is 28.6 Å². The van der Waals surface area contributed by atoms with Gasteiger partial charge >= 0.3 is 6.03 Å². The van der Waals surface area contributed by atoms with Gasteiger partial charge in [-0.25, -0.2) is 13.2 Å². The Morgan fingerprint density at radius 1 is 0.947 bits per heavy atom. The van der Waals surface area contributed by atoms with Crippen LogP contribution in [0.3, 0.4) is 0 Å². The first-order chi connectivity index (χ1) is 17.9. The quantitative estimate of drug-likeness (QED) is 0.145. The topological polar surface area (TPSA) is 109 Å². The molecule has 0 unspecified atom stereocenters. The summed E-state index contributed by atoms with van der Waals surface area (Å²) >= 11 is 2.26. The molecule has 0 spiro atoms. The summed E-state index contributed by atoms with van der Waals surface area (Å²) in [5.41, 5.74) is 2.98. The van der Waals surface area contributed by atoms with Gasteiger partial charge in [-0.1, -0.05) is 67.6 Å². The number of hydrogen-bond acceptors (Lipinski definition) is 5. The fourth-order valence-corrected chi connectivity index (χ4v) is 4.84. The van der Waals surface area contributed by atoms with Crippen molar-refractivity contribution in [2.75, 3.05) is 21.6 Å². The number of halogens is 1. The average Bonchev–Trinajstić information content (AvgIpc) is 2.84. The highest BCUT2D eigenvalue weighted by Gasteiger charge is 2.18. The number of amides is 2. The van der Waals surface area contributed by atoms with E-state index < -0.39 is 16.1 Å². The minimum Gasteiger partial charge on any atom is -0.457 e. The molecule has 0 saturated heterocycles. The third-order valence-electron chi connectivity index (χ3n) is 5.65. The van der Waals surface area contributed by atoms with Crippen LogP contribution in [0.15, 0.2) is 72.9 Å². The van der Waals surface area contributed by atoms with Crippen LogP contribution in [0.2, 0.25) is 0 Å². The predicted octanol–water partition coefficient (Wildman–Crippen LogP) is 7.28. The second-order valence-electron chi connectivity index (χ2n) is 9.88. The van der Waals surface area contributed by atoms with Gasteiger partial charge in [0.15, 0.2) is 0 Å². The summed E-state index contributed by atoms with van der Waals surface area (Å²) < 4.78 is 33.1. The number of rotatable bonds is 7. The van der Waals surface area contributed by atoms with Crippen molar-refractivity contribution < 1.29 is 17.9 Å². The van der Waals surface area contributed by atoms with Crippen LogP contribution in [0.25, 0.3) is 10.8 Å². The van der Waals surface area contributed by atoms with Crippen molar-refractivity contribution in [1.82, 2.24) is 4.98 Å². The molecule has 2 amide bonds. The number of urea groups is 1. The first-order valence-electron chi connectivity index (χ1n) is 11.8. The first kappa shape index (κ1) is 27.6. The van der Waals surface area contributed by atoms with Gasteiger partial charge in [-0.05, 0) is 47.4 Å². The van der Waals surface area contributed by atoms with Gasteiger partial charge in [-0.3, -0.25) is 9.71 Å². The number of alkyl halides is 1. The highest BCUT2D eigenvalue weighted by molar-refractivity contribution is 14.1. The molecule has 1 heterocycles. The molecule has 0 atom stereocenters. The molecule has 1 aromatic heterocycles. The number of ether oxygens (including phenoxy) is 1. The molecule has 0 saturated carbocycles. The number of hydrogen-bond donors (Lipinski definition) is 3. The van der Waals surface area contributed by atoms with E-state index in [9.17, 15) is 13.2 Å². The summed E-state index contributed by atoms with van der Waals surface area (Å²) in [5.74, 6) is 1.35. The lowest BCUT2D eigenvalue weighted by Crippen LogP contribution is -2.21. The third-order valence-corrected chi connectivity index (χ3v) is 7.03. The molecule has 10 heteroatoms. The molecule has 0 aliphatic rings. The fraction of sp³-hybridized carbons (Fsp3) is 0.214. The molecule has 8 nitrogen and oxygen atoms in total. The Balaban J connectivity index is 1.60. The second kappa shape index (κ2) is 11.2. The lowest BCUT2D eigenvalue weighted by Gasteiger charge is -2.22. The van der Waals surface area contributed by atoms with Crippen LogP contribution in [0.4, 0.5) is 21.9 Å². The molecule has 4 aromatic rings. The Labute approximate surface area is 236 Å². The van der Waals surface area contributed by atoms with Crippen molar-refractivity contribution >= 4 is 66.5 Å². The minimum atomic E-state index is -3.48. The van der Waals surface area contributed by atoms with Gasteiger partial charge in [0.2, 0.25) is 10.0 Å². The van der Waals surface area contributed by atoms with E-state index in [0.717, 1.165) is 32.7 Å². The first-order valence-corrected chi connectivity index (χ1v) is 15.2. The Morgan fingerprint density at radius 2 is 1.66 bits per heavy atom. The van der Waals surface area contributed by atoms with Gasteiger partial charge in [0.05, 0.1) is 23.3 Å². The van der Waals surface area contributed by atoms with Crippen LogP contribution in [0.1, 0.15) is 32.0 Å². The predicted molar refractivity (Wildman–Crippen MR) is 162 cm³/mol. The van der Waals surface area contributed by atoms with Crippen molar-refractivity contribution in [1.29, 1.82) is 0 Å². The van der Waals surface area contributed by atoms with Crippen molar-refractivity contribution in [3.8, 4) is 11.5 Å². The van der Waals surface area contributed by atoms with Crippen molar-refractivity contribution in [3.63, 3.8) is 0 Å². The summed E-state index contributed by atoms with van der Waals surface area (Å²) in [5, 5.41) is 7.40. The van der Waals surface area contributed by atoms with E-state index in [1.807, 2.05) is 69.3 Å². The zero-order chi connectivity index (χ0) is 27.5. The lowest BCUT2D eigenvalue weighted by molar-refractivity contribution is 0.262. The zero-order valence-corrected chi connectivity index (χ0v) is 24.5. The van der Waals surface area contributed by atoms with Crippen LogP contribution in [0.5, 0.6) is 11.5 Å². The van der Waals surface area contributed by atoms with Gasteiger partial charge in [-0.2, -0.15) is 0 Å². The molecular formula is C28H29IN4O4S. The van der Waals surface area contributed by atoms with E-state index in [4.69, 9.17) is 4.74 Å². The monoisotopic (exact) mass is 644 g/mol. The standard InChI is InChI=1S/C28H29IN4O4S/c1-28(2,3)18-13-19(15-20(14-18)33-38(4,35)36)31-27(34)32-25-9-10-26(24-8-6-5-7-23(24)25)37-22-11-12-30-21(16-22)17-29/h5-16,33H,17H2,1-4H3,(H2,31,32,34). The SMILES string of the molecule is CC(C)(C)c1cc(NC(=O)Nc2ccc(Oc3ccnc(CI)c3)c3ccccc23)cc(NS(C)(=O)=O)c1. The van der Waals surface area contributed by atoms with E-state index >= 15 is 0 Å². The molecule has 3 aromatic carbocycles. The number of carbonyl (C=O) groups is 1. The van der Waals surface area contributed by atoms with Gasteiger partial charge in [0, 0.05) is 33.2 Å². The molecule has 38 heavy (non-hydrogen) atoms. The molecule has 4 rings (SSSR count). The maximum Gasteiger partial charge on any atom is 0.323 e. The Hall–Kier alpha value is -3.38. The van der Waals surface area contributed by atoms with Crippen molar-refractivity contribution in [2.45, 2.75) is 30.6 Å². The maximum absolute atomic E-state index is 13.0. The largest absolute Gasteiger partial charge is 0.457 e. The van der Waals surface area contributed by atoms with Crippen LogP contribution >= 0.6 is 22.6 Å². The number of benzene rings is 3. The van der Waals surface area contributed by atoms with Crippen molar-refractivity contribution in [3.05, 3.63) is 84.2 Å². The highest BCUT2D eigenvalue weighted by atomic mass is 127. The number of aromatic nitrogens is 1. The van der Waals surface area contributed by atoms with E-state index in [-0.39, 0.29) is 5.41 Å². The second-order valence-corrected chi connectivity index (χ2v) is 12.4. The average molecular weight is 645 g/mol. The zero-order valence-electron chi connectivity index (χ0n) is 21.5. The van der Waals surface area contributed by atoms with Gasteiger partial charge in [0.1, 0.15) is 11.5 Å². The summed E-state index contributed by atoms with van der Waals surface area (Å²) in [6, 6.07) is 19.7. The van der Waals surface area contributed by atoms with E-state index in [1.54, 1.807) is 24.4 Å². The number of nitrogens with one attached hydrogen (secondary N) is 3. The number of anilines is 3. The van der Waals surface area contributed by atoms with E-state index in [1.165, 1.54) is 0 Å². The molecular weight excluding hydrogens is 615 g/mol. The van der Waals surface area contributed by atoms with Gasteiger partial charge in [0.25, 0.3) is 0 Å². The van der Waals surface area contributed by atoms with Crippen LogP contribution in [-0.2, 0) is 19.9 Å². The lowest BCUT2D eigenvalue weighted by atomic mass is 9.86. The molecule has 0 radical (unpaired) electrons. The number of sulfonamides is 1. The molecule has 0 aliphatic carbocycles. The summed E-state index contributed by atoms with van der Waals surface area (Å²) in [6.07, 6.45) is 2.81. The molecule has 0 fully saturated rings. The Bertz CT molecular complexity index is 1600. The number of carbonyl (C=O) groups excluding carboxylic acids is 1. The fourth-order valence-electron chi connectivity index (χ4n) is 3.88. The minimum absolute atomic E-state index is 0.263. The highest BCUT2D eigenvalue weighted by Crippen LogP contribution is 2.35. The van der Waals surface area contributed by atoms with Crippen molar-refractivity contribution in [2.24, 2.45) is 0 Å². The molecule has 198 valence electrons. The summed E-state index contributed by atoms with van der Waals surface area (Å²) in [6.45, 7) is 6.04. The molecule has 0 aliphatic heterocycles. The summed E-state index contributed by atoms with van der Waals surface area (Å²) in [4.78, 5) is 17.3. The van der Waals surface area contributed by atoms with Crippen LogP contribution in [-0.4, -0.2) is 25.7 Å². The van der Waals surface area contributed by atoms with Gasteiger partial charge in [-0.15, -0.1) is 0 Å². The number of fused-ring (bicyclic) bond motifs is 1. The molecule has 3 N–H and O–H groups in total. The maximum atomic E-state index is 13.0. The Kier molecular flexibility index (Phi) is 8.12. The summed E-state index contributed by atoms with van der Waals surface area (Å²) in [7, 11) is -3.48.